The third-order valence-corrected chi connectivity index (χ3v) is 3.90. The lowest BCUT2D eigenvalue weighted by molar-refractivity contribution is 0.0811. The molecular formula is C20H18O2. The van der Waals surface area contributed by atoms with Crippen LogP contribution in [-0.2, 0) is 12.0 Å². The van der Waals surface area contributed by atoms with Gasteiger partial charge in [-0.25, -0.2) is 0 Å². The second kappa shape index (κ2) is 6.04. The average Bonchev–Trinajstić information content (AvgIpc) is 2.57. The normalized spacial score (nSPS) is 13.5. The molecule has 3 rings (SSSR count). The van der Waals surface area contributed by atoms with E-state index in [1.165, 1.54) is 0 Å². The summed E-state index contributed by atoms with van der Waals surface area (Å²) in [5, 5.41) is 20.9. The predicted molar refractivity (Wildman–Crippen MR) is 87.7 cm³/mol. The molecular weight excluding hydrogens is 272 g/mol. The predicted octanol–water partition coefficient (Wildman–Crippen LogP) is 3.87. The summed E-state index contributed by atoms with van der Waals surface area (Å²) in [4.78, 5) is 0. The fraction of sp³-hybridized carbons (Fsp3) is 0.100. The van der Waals surface area contributed by atoms with Crippen molar-refractivity contribution in [2.24, 2.45) is 0 Å². The molecule has 1 atom stereocenters. The van der Waals surface area contributed by atoms with Crippen molar-refractivity contribution in [1.29, 1.82) is 0 Å². The van der Waals surface area contributed by atoms with Gasteiger partial charge in [-0.2, -0.15) is 0 Å². The minimum absolute atomic E-state index is 0.193. The number of aliphatic hydroxyl groups is 1. The summed E-state index contributed by atoms with van der Waals surface area (Å²) >= 11 is 0. The number of hydrogen-bond acceptors (Lipinski definition) is 2. The maximum atomic E-state index is 11.4. The van der Waals surface area contributed by atoms with Crippen molar-refractivity contribution in [2.45, 2.75) is 12.0 Å². The van der Waals surface area contributed by atoms with Gasteiger partial charge < -0.3 is 10.2 Å². The van der Waals surface area contributed by atoms with E-state index in [2.05, 4.69) is 0 Å². The van der Waals surface area contributed by atoms with Gasteiger partial charge in [0.05, 0.1) is 0 Å². The number of benzene rings is 3. The summed E-state index contributed by atoms with van der Waals surface area (Å²) in [6, 6.07) is 26.3. The van der Waals surface area contributed by atoms with Gasteiger partial charge in [0, 0.05) is 6.42 Å². The van der Waals surface area contributed by atoms with Crippen molar-refractivity contribution in [1.82, 2.24) is 0 Å². The molecule has 0 bridgehead atoms. The zero-order chi connectivity index (χ0) is 15.4. The van der Waals surface area contributed by atoms with Gasteiger partial charge in [-0.3, -0.25) is 0 Å². The van der Waals surface area contributed by atoms with Gasteiger partial charge in [0.1, 0.15) is 11.4 Å². The Hall–Kier alpha value is -2.58. The first-order valence-corrected chi connectivity index (χ1v) is 7.30. The quantitative estimate of drug-likeness (QED) is 0.765. The summed E-state index contributed by atoms with van der Waals surface area (Å²) < 4.78 is 0. The SMILES string of the molecule is Oc1ccc([C@](O)(Cc2ccccc2)c2ccccc2)cc1. The monoisotopic (exact) mass is 290 g/mol. The Bertz CT molecular complexity index is 721. The third-order valence-electron chi connectivity index (χ3n) is 3.90. The highest BCUT2D eigenvalue weighted by Gasteiger charge is 2.31. The Morgan fingerprint density at radius 1 is 0.636 bits per heavy atom. The number of aromatic hydroxyl groups is 1. The van der Waals surface area contributed by atoms with E-state index in [0.29, 0.717) is 6.42 Å². The van der Waals surface area contributed by atoms with E-state index in [9.17, 15) is 10.2 Å². The number of rotatable bonds is 4. The molecule has 0 unspecified atom stereocenters. The van der Waals surface area contributed by atoms with Gasteiger partial charge in [-0.1, -0.05) is 72.8 Å². The molecule has 0 fully saturated rings. The zero-order valence-corrected chi connectivity index (χ0v) is 12.2. The lowest BCUT2D eigenvalue weighted by Gasteiger charge is -2.29. The molecule has 0 aliphatic rings. The largest absolute Gasteiger partial charge is 0.508 e. The van der Waals surface area contributed by atoms with Crippen LogP contribution < -0.4 is 0 Å². The van der Waals surface area contributed by atoms with Gasteiger partial charge in [0.15, 0.2) is 0 Å². The second-order valence-electron chi connectivity index (χ2n) is 5.44. The highest BCUT2D eigenvalue weighted by Crippen LogP contribution is 2.34. The molecule has 110 valence electrons. The standard InChI is InChI=1S/C20H18O2/c21-19-13-11-18(12-14-19)20(22,17-9-5-2-6-10-17)15-16-7-3-1-4-8-16/h1-14,21-22H,15H2/t20-/m0/s1. The minimum atomic E-state index is -1.13. The fourth-order valence-corrected chi connectivity index (χ4v) is 2.71. The first-order valence-electron chi connectivity index (χ1n) is 7.30. The van der Waals surface area contributed by atoms with Gasteiger partial charge in [0.2, 0.25) is 0 Å². The van der Waals surface area contributed by atoms with E-state index in [4.69, 9.17) is 0 Å². The van der Waals surface area contributed by atoms with Crippen LogP contribution in [0.2, 0.25) is 0 Å². The van der Waals surface area contributed by atoms with Crippen LogP contribution in [-0.4, -0.2) is 10.2 Å². The molecule has 2 N–H and O–H groups in total. The van der Waals surface area contributed by atoms with E-state index < -0.39 is 5.60 Å². The minimum Gasteiger partial charge on any atom is -0.508 e. The molecule has 0 radical (unpaired) electrons. The van der Waals surface area contributed by atoms with Crippen LogP contribution in [0.15, 0.2) is 84.9 Å². The smallest absolute Gasteiger partial charge is 0.119 e. The Balaban J connectivity index is 2.07. The van der Waals surface area contributed by atoms with Crippen LogP contribution in [0.1, 0.15) is 16.7 Å². The van der Waals surface area contributed by atoms with Crippen molar-refractivity contribution in [2.75, 3.05) is 0 Å². The van der Waals surface area contributed by atoms with Gasteiger partial charge >= 0.3 is 0 Å². The molecule has 3 aromatic rings. The first-order chi connectivity index (χ1) is 10.7. The molecule has 2 nitrogen and oxygen atoms in total. The topological polar surface area (TPSA) is 40.5 Å². The van der Waals surface area contributed by atoms with Crippen LogP contribution in [0, 0.1) is 0 Å². The lowest BCUT2D eigenvalue weighted by Crippen LogP contribution is -2.30. The second-order valence-corrected chi connectivity index (χ2v) is 5.44. The van der Waals surface area contributed by atoms with Gasteiger partial charge in [0.25, 0.3) is 0 Å². The van der Waals surface area contributed by atoms with Crippen LogP contribution in [0.3, 0.4) is 0 Å². The summed E-state index contributed by atoms with van der Waals surface area (Å²) in [5.74, 6) is 0.193. The number of phenols is 1. The average molecular weight is 290 g/mol. The van der Waals surface area contributed by atoms with E-state index in [1.54, 1.807) is 24.3 Å². The van der Waals surface area contributed by atoms with Crippen molar-refractivity contribution < 1.29 is 10.2 Å². The van der Waals surface area contributed by atoms with Crippen molar-refractivity contribution >= 4 is 0 Å². The highest BCUT2D eigenvalue weighted by atomic mass is 16.3. The van der Waals surface area contributed by atoms with Crippen LogP contribution in [0.5, 0.6) is 5.75 Å². The molecule has 0 spiro atoms. The third kappa shape index (κ3) is 2.87. The Morgan fingerprint density at radius 2 is 1.14 bits per heavy atom. The summed E-state index contributed by atoms with van der Waals surface area (Å²) in [5.41, 5.74) is 1.53. The van der Waals surface area contributed by atoms with E-state index in [0.717, 1.165) is 16.7 Å². The van der Waals surface area contributed by atoms with E-state index in [1.807, 2.05) is 60.7 Å². The van der Waals surface area contributed by atoms with Crippen LogP contribution in [0.4, 0.5) is 0 Å². The molecule has 22 heavy (non-hydrogen) atoms. The molecule has 0 aliphatic heterocycles. The van der Waals surface area contributed by atoms with Gasteiger partial charge in [-0.15, -0.1) is 0 Å². The maximum Gasteiger partial charge on any atom is 0.119 e. The van der Waals surface area contributed by atoms with Crippen LogP contribution in [0.25, 0.3) is 0 Å². The molecule has 0 saturated heterocycles. The van der Waals surface area contributed by atoms with Crippen molar-refractivity contribution in [3.8, 4) is 5.75 Å². The van der Waals surface area contributed by atoms with E-state index in [-0.39, 0.29) is 5.75 Å². The zero-order valence-electron chi connectivity index (χ0n) is 12.2. The molecule has 0 saturated carbocycles. The lowest BCUT2D eigenvalue weighted by atomic mass is 9.81. The van der Waals surface area contributed by atoms with Crippen molar-refractivity contribution in [3.05, 3.63) is 102 Å². The van der Waals surface area contributed by atoms with E-state index >= 15 is 0 Å². The maximum absolute atomic E-state index is 11.4. The molecule has 0 amide bonds. The Labute approximate surface area is 130 Å². The summed E-state index contributed by atoms with van der Waals surface area (Å²) in [7, 11) is 0. The van der Waals surface area contributed by atoms with Crippen molar-refractivity contribution in [3.63, 3.8) is 0 Å². The van der Waals surface area contributed by atoms with Crippen LogP contribution >= 0.6 is 0 Å². The molecule has 0 aliphatic carbocycles. The number of phenolic OH excluding ortho intramolecular Hbond substituents is 1. The molecule has 0 heterocycles. The summed E-state index contributed by atoms with van der Waals surface area (Å²) in [6.07, 6.45) is 0.475. The molecule has 0 aromatic heterocycles. The Morgan fingerprint density at radius 3 is 1.73 bits per heavy atom. The molecule has 3 aromatic carbocycles. The van der Waals surface area contributed by atoms with Gasteiger partial charge in [-0.05, 0) is 28.8 Å². The Kier molecular flexibility index (Phi) is 3.94. The highest BCUT2D eigenvalue weighted by molar-refractivity contribution is 5.40. The first kappa shape index (κ1) is 14.4. The summed E-state index contributed by atoms with van der Waals surface area (Å²) in [6.45, 7) is 0. The number of hydrogen-bond donors (Lipinski definition) is 2. The molecule has 2 heteroatoms. The fourth-order valence-electron chi connectivity index (χ4n) is 2.71.